The van der Waals surface area contributed by atoms with Gasteiger partial charge in [-0.25, -0.2) is 9.80 Å². The molecule has 0 saturated carbocycles. The largest absolute Gasteiger partial charge is 0.497 e. The molecule has 2 aliphatic rings. The van der Waals surface area contributed by atoms with Crippen LogP contribution in [-0.4, -0.2) is 30.9 Å². The lowest BCUT2D eigenvalue weighted by molar-refractivity contribution is -0.0190. The molecule has 0 N–H and O–H groups in total. The second-order valence-corrected chi connectivity index (χ2v) is 7.50. The highest BCUT2D eigenvalue weighted by Gasteiger charge is 2.40. The van der Waals surface area contributed by atoms with Gasteiger partial charge in [0.1, 0.15) is 11.5 Å². The second kappa shape index (κ2) is 7.80. The number of hydrogen-bond acceptors (Lipinski definition) is 6. The summed E-state index contributed by atoms with van der Waals surface area (Å²) < 4.78 is 16.6. The van der Waals surface area contributed by atoms with Crippen molar-refractivity contribution in [3.8, 4) is 11.5 Å². The van der Waals surface area contributed by atoms with Crippen molar-refractivity contribution >= 4 is 11.7 Å². The molecule has 3 aromatic carbocycles. The van der Waals surface area contributed by atoms with E-state index < -0.39 is 6.23 Å². The van der Waals surface area contributed by atoms with Gasteiger partial charge in [-0.05, 0) is 30.3 Å². The Balaban J connectivity index is 1.54. The summed E-state index contributed by atoms with van der Waals surface area (Å²) in [5.74, 6) is 1.29. The van der Waals surface area contributed by atoms with E-state index in [1.165, 1.54) is 7.11 Å². The first-order valence-electron chi connectivity index (χ1n) is 10.1. The molecule has 0 spiro atoms. The molecule has 2 heterocycles. The molecule has 31 heavy (non-hydrogen) atoms. The molecule has 5 rings (SSSR count). The van der Waals surface area contributed by atoms with Crippen LogP contribution in [0, 0.1) is 0 Å². The van der Waals surface area contributed by atoms with Gasteiger partial charge in [0, 0.05) is 23.1 Å². The van der Waals surface area contributed by atoms with Crippen LogP contribution in [0.5, 0.6) is 11.5 Å². The molecular formula is C25H22N2O4. The smallest absolute Gasteiger partial charge is 0.337 e. The van der Waals surface area contributed by atoms with Gasteiger partial charge in [-0.15, -0.1) is 0 Å². The summed E-state index contributed by atoms with van der Waals surface area (Å²) in [4.78, 5) is 11.8. The topological polar surface area (TPSA) is 60.4 Å². The van der Waals surface area contributed by atoms with E-state index in [4.69, 9.17) is 19.3 Å². The number of esters is 1. The number of rotatable bonds is 4. The minimum absolute atomic E-state index is 0.0661. The molecule has 0 amide bonds. The summed E-state index contributed by atoms with van der Waals surface area (Å²) >= 11 is 0. The van der Waals surface area contributed by atoms with E-state index in [1.807, 2.05) is 59.6 Å². The average Bonchev–Trinajstić information content (AvgIpc) is 3.29. The summed E-state index contributed by atoms with van der Waals surface area (Å²) in [5.41, 5.74) is 4.56. The average molecular weight is 414 g/mol. The van der Waals surface area contributed by atoms with Crippen LogP contribution >= 0.6 is 0 Å². The Morgan fingerprint density at radius 3 is 2.61 bits per heavy atom. The lowest BCUT2D eigenvalue weighted by atomic mass is 9.96. The molecule has 2 atom stereocenters. The number of benzene rings is 3. The third kappa shape index (κ3) is 3.40. The zero-order valence-electron chi connectivity index (χ0n) is 17.3. The minimum Gasteiger partial charge on any atom is -0.497 e. The number of carbonyl (C=O) groups excluding carboxylic acids is 1. The van der Waals surface area contributed by atoms with Crippen LogP contribution in [0.15, 0.2) is 77.9 Å². The van der Waals surface area contributed by atoms with Crippen LogP contribution in [-0.2, 0) is 4.74 Å². The summed E-state index contributed by atoms with van der Waals surface area (Å²) in [7, 11) is 3.04. The van der Waals surface area contributed by atoms with Crippen molar-refractivity contribution in [2.75, 3.05) is 14.2 Å². The van der Waals surface area contributed by atoms with Crippen LogP contribution in [0.3, 0.4) is 0 Å². The molecule has 0 saturated heterocycles. The van der Waals surface area contributed by atoms with Crippen LogP contribution in [0.1, 0.15) is 45.7 Å². The van der Waals surface area contributed by atoms with Gasteiger partial charge in [0.2, 0.25) is 6.23 Å². The predicted molar refractivity (Wildman–Crippen MR) is 116 cm³/mol. The van der Waals surface area contributed by atoms with Gasteiger partial charge in [0.15, 0.2) is 0 Å². The molecule has 0 unspecified atom stereocenters. The van der Waals surface area contributed by atoms with Gasteiger partial charge in [-0.2, -0.15) is 5.10 Å². The maximum absolute atomic E-state index is 11.8. The Hall–Kier alpha value is -3.80. The van der Waals surface area contributed by atoms with Crippen molar-refractivity contribution in [1.82, 2.24) is 5.01 Å². The summed E-state index contributed by atoms with van der Waals surface area (Å²) in [6.07, 6.45) is 0.374. The number of para-hydroxylation sites is 1. The number of fused-ring (bicyclic) bond motifs is 3. The fourth-order valence-electron chi connectivity index (χ4n) is 4.13. The standard InChI is InChI=1S/C25H22N2O4/c1-29-19-7-5-6-18(14-19)21-15-22-20-8-3-4-9-23(20)31-24(27(22)26-21)16-10-12-17(13-11-16)25(28)30-2/h3-14,22,24H,15H2,1-2H3/t22-,24+/m0/s1. The highest BCUT2D eigenvalue weighted by molar-refractivity contribution is 6.02. The van der Waals surface area contributed by atoms with Crippen LogP contribution in [0.4, 0.5) is 0 Å². The zero-order chi connectivity index (χ0) is 21.4. The quantitative estimate of drug-likeness (QED) is 0.578. The number of nitrogens with zero attached hydrogens (tertiary/aromatic N) is 2. The fraction of sp³-hybridized carbons (Fsp3) is 0.200. The number of hydrogen-bond donors (Lipinski definition) is 0. The van der Waals surface area contributed by atoms with Crippen LogP contribution in [0.2, 0.25) is 0 Å². The van der Waals surface area contributed by atoms with Crippen molar-refractivity contribution in [2.24, 2.45) is 5.10 Å². The number of ether oxygens (including phenoxy) is 3. The normalized spacial score (nSPS) is 19.0. The molecule has 156 valence electrons. The van der Waals surface area contributed by atoms with E-state index in [-0.39, 0.29) is 12.0 Å². The van der Waals surface area contributed by atoms with Gasteiger partial charge in [0.05, 0.1) is 31.5 Å². The summed E-state index contributed by atoms with van der Waals surface area (Å²) in [5, 5.41) is 6.98. The number of hydrazone groups is 1. The lowest BCUT2D eigenvalue weighted by Crippen LogP contribution is -2.33. The Labute approximate surface area is 180 Å². The summed E-state index contributed by atoms with van der Waals surface area (Å²) in [6.45, 7) is 0. The van der Waals surface area contributed by atoms with Crippen LogP contribution in [0.25, 0.3) is 0 Å². The van der Waals surface area contributed by atoms with E-state index in [0.29, 0.717) is 5.56 Å². The Morgan fingerprint density at radius 2 is 1.84 bits per heavy atom. The predicted octanol–water partition coefficient (Wildman–Crippen LogP) is 4.72. The van der Waals surface area contributed by atoms with Crippen molar-refractivity contribution in [1.29, 1.82) is 0 Å². The highest BCUT2D eigenvalue weighted by Crippen LogP contribution is 2.47. The lowest BCUT2D eigenvalue weighted by Gasteiger charge is -2.38. The first-order chi connectivity index (χ1) is 15.2. The Kier molecular flexibility index (Phi) is 4.82. The van der Waals surface area contributed by atoms with Crippen LogP contribution < -0.4 is 9.47 Å². The first-order valence-corrected chi connectivity index (χ1v) is 10.1. The Bertz CT molecular complexity index is 1160. The molecule has 0 aromatic heterocycles. The SMILES string of the molecule is COC(=O)c1ccc([C@H]2Oc3ccccc3[C@@H]3CC(c4cccc(OC)c4)=NN23)cc1. The molecule has 0 bridgehead atoms. The summed E-state index contributed by atoms with van der Waals surface area (Å²) in [6, 6.07) is 23.4. The third-order valence-electron chi connectivity index (χ3n) is 5.72. The molecule has 0 fully saturated rings. The van der Waals surface area contributed by atoms with Crippen molar-refractivity contribution in [3.05, 3.63) is 95.1 Å². The van der Waals surface area contributed by atoms with Crippen molar-refractivity contribution in [3.63, 3.8) is 0 Å². The van der Waals surface area contributed by atoms with Crippen molar-refractivity contribution in [2.45, 2.75) is 18.7 Å². The van der Waals surface area contributed by atoms with E-state index in [2.05, 4.69) is 6.07 Å². The fourth-order valence-corrected chi connectivity index (χ4v) is 4.13. The first kappa shape index (κ1) is 19.2. The van der Waals surface area contributed by atoms with Gasteiger partial charge < -0.3 is 14.2 Å². The third-order valence-corrected chi connectivity index (χ3v) is 5.72. The van der Waals surface area contributed by atoms with Gasteiger partial charge >= 0.3 is 5.97 Å². The molecule has 6 nitrogen and oxygen atoms in total. The van der Waals surface area contributed by atoms with Crippen molar-refractivity contribution < 1.29 is 19.0 Å². The zero-order valence-corrected chi connectivity index (χ0v) is 17.3. The number of carbonyl (C=O) groups is 1. The highest BCUT2D eigenvalue weighted by atomic mass is 16.5. The molecule has 0 radical (unpaired) electrons. The van der Waals surface area contributed by atoms with Gasteiger partial charge in [-0.3, -0.25) is 0 Å². The van der Waals surface area contributed by atoms with E-state index in [1.54, 1.807) is 19.2 Å². The maximum Gasteiger partial charge on any atom is 0.337 e. The molecule has 6 heteroatoms. The minimum atomic E-state index is -0.394. The van der Waals surface area contributed by atoms with E-state index in [0.717, 1.165) is 40.3 Å². The van der Waals surface area contributed by atoms with Gasteiger partial charge in [-0.1, -0.05) is 42.5 Å². The second-order valence-electron chi connectivity index (χ2n) is 7.50. The molecule has 3 aromatic rings. The molecular weight excluding hydrogens is 392 g/mol. The van der Waals surface area contributed by atoms with Gasteiger partial charge in [0.25, 0.3) is 0 Å². The maximum atomic E-state index is 11.8. The number of methoxy groups -OCH3 is 2. The van der Waals surface area contributed by atoms with E-state index >= 15 is 0 Å². The molecule has 0 aliphatic carbocycles. The van der Waals surface area contributed by atoms with E-state index in [9.17, 15) is 4.79 Å². The monoisotopic (exact) mass is 414 g/mol. The Morgan fingerprint density at radius 1 is 1.03 bits per heavy atom. The molecule has 2 aliphatic heterocycles.